The molecule has 16 heavy (non-hydrogen) atoms. The number of nitrogens with two attached hydrogens (primary N) is 1. The van der Waals surface area contributed by atoms with Crippen LogP contribution in [0.25, 0.3) is 0 Å². The minimum atomic E-state index is -3.19. The summed E-state index contributed by atoms with van der Waals surface area (Å²) in [5, 5.41) is 0. The third kappa shape index (κ3) is 2.54. The van der Waals surface area contributed by atoms with Crippen molar-refractivity contribution in [3.8, 4) is 0 Å². The SMILES string of the molecule is CN(C1CC1)S(=O)(=O)Cc1cccc(N)c1. The Hall–Kier alpha value is -1.07. The Morgan fingerprint density at radius 2 is 2.12 bits per heavy atom. The van der Waals surface area contributed by atoms with E-state index in [4.69, 9.17) is 5.73 Å². The first kappa shape index (κ1) is 11.4. The summed E-state index contributed by atoms with van der Waals surface area (Å²) in [6, 6.07) is 7.23. The lowest BCUT2D eigenvalue weighted by Crippen LogP contribution is -2.30. The average Bonchev–Trinajstić information content (AvgIpc) is 2.98. The van der Waals surface area contributed by atoms with Crippen molar-refractivity contribution in [1.29, 1.82) is 0 Å². The number of anilines is 1. The molecule has 0 bridgehead atoms. The molecule has 0 saturated heterocycles. The molecule has 0 heterocycles. The fourth-order valence-electron chi connectivity index (χ4n) is 1.66. The fraction of sp³-hybridized carbons (Fsp3) is 0.455. The molecule has 1 aliphatic carbocycles. The van der Waals surface area contributed by atoms with E-state index in [2.05, 4.69) is 0 Å². The van der Waals surface area contributed by atoms with Crippen molar-refractivity contribution in [2.45, 2.75) is 24.6 Å². The molecule has 0 spiro atoms. The number of sulfonamides is 1. The van der Waals surface area contributed by atoms with Crippen LogP contribution in [-0.2, 0) is 15.8 Å². The van der Waals surface area contributed by atoms with Crippen LogP contribution in [0.3, 0.4) is 0 Å². The van der Waals surface area contributed by atoms with E-state index in [0.717, 1.165) is 18.4 Å². The molecule has 0 radical (unpaired) electrons. The van der Waals surface area contributed by atoms with Crippen molar-refractivity contribution in [2.75, 3.05) is 12.8 Å². The summed E-state index contributed by atoms with van der Waals surface area (Å²) in [4.78, 5) is 0. The Balaban J connectivity index is 2.14. The van der Waals surface area contributed by atoms with Gasteiger partial charge in [0, 0.05) is 18.8 Å². The van der Waals surface area contributed by atoms with Crippen molar-refractivity contribution in [3.63, 3.8) is 0 Å². The van der Waals surface area contributed by atoms with E-state index in [1.165, 1.54) is 4.31 Å². The van der Waals surface area contributed by atoms with Crippen LogP contribution in [0.5, 0.6) is 0 Å². The molecule has 0 aliphatic heterocycles. The monoisotopic (exact) mass is 240 g/mol. The highest BCUT2D eigenvalue weighted by molar-refractivity contribution is 7.88. The molecular weight excluding hydrogens is 224 g/mol. The quantitative estimate of drug-likeness (QED) is 0.804. The fourth-order valence-corrected chi connectivity index (χ4v) is 3.13. The third-order valence-electron chi connectivity index (χ3n) is 2.80. The van der Waals surface area contributed by atoms with Crippen LogP contribution in [0.4, 0.5) is 5.69 Å². The number of rotatable bonds is 4. The van der Waals surface area contributed by atoms with Gasteiger partial charge in [0.25, 0.3) is 0 Å². The first-order valence-corrected chi connectivity index (χ1v) is 6.90. The van der Waals surface area contributed by atoms with Crippen molar-refractivity contribution in [3.05, 3.63) is 29.8 Å². The second-order valence-corrected chi connectivity index (χ2v) is 6.28. The number of hydrogen-bond acceptors (Lipinski definition) is 3. The molecule has 2 N–H and O–H groups in total. The van der Waals surface area contributed by atoms with Crippen LogP contribution < -0.4 is 5.73 Å². The molecule has 1 fully saturated rings. The number of nitrogens with zero attached hydrogens (tertiary/aromatic N) is 1. The molecule has 1 aromatic rings. The van der Waals surface area contributed by atoms with E-state index in [9.17, 15) is 8.42 Å². The number of hydrogen-bond donors (Lipinski definition) is 1. The second kappa shape index (κ2) is 4.07. The maximum atomic E-state index is 12.0. The Morgan fingerprint density at radius 1 is 1.44 bits per heavy atom. The topological polar surface area (TPSA) is 63.4 Å². The van der Waals surface area contributed by atoms with Crippen molar-refractivity contribution in [1.82, 2.24) is 4.31 Å². The molecule has 2 rings (SSSR count). The predicted molar refractivity (Wildman–Crippen MR) is 64.3 cm³/mol. The van der Waals surface area contributed by atoms with Crippen LogP contribution in [0, 0.1) is 0 Å². The largest absolute Gasteiger partial charge is 0.399 e. The minimum absolute atomic E-state index is 0.0328. The van der Waals surface area contributed by atoms with Gasteiger partial charge in [0.15, 0.2) is 0 Å². The molecule has 0 unspecified atom stereocenters. The normalized spacial score (nSPS) is 16.6. The Labute approximate surface area is 96.1 Å². The van der Waals surface area contributed by atoms with Crippen LogP contribution >= 0.6 is 0 Å². The lowest BCUT2D eigenvalue weighted by molar-refractivity contribution is 0.463. The molecule has 0 amide bonds. The maximum Gasteiger partial charge on any atom is 0.218 e. The average molecular weight is 240 g/mol. The summed E-state index contributed by atoms with van der Waals surface area (Å²) in [6.07, 6.45) is 1.96. The second-order valence-electron chi connectivity index (χ2n) is 4.25. The van der Waals surface area contributed by atoms with Crippen LogP contribution in [-0.4, -0.2) is 25.8 Å². The smallest absolute Gasteiger partial charge is 0.218 e. The molecule has 88 valence electrons. The molecule has 4 nitrogen and oxygen atoms in total. The summed E-state index contributed by atoms with van der Waals surface area (Å²) in [6.45, 7) is 0. The Kier molecular flexibility index (Phi) is 2.90. The maximum absolute atomic E-state index is 12.0. The Bertz CT molecular complexity index is 481. The first-order valence-electron chi connectivity index (χ1n) is 5.29. The zero-order valence-corrected chi connectivity index (χ0v) is 10.1. The van der Waals surface area contributed by atoms with Gasteiger partial charge in [-0.25, -0.2) is 12.7 Å². The molecule has 0 aromatic heterocycles. The van der Waals surface area contributed by atoms with Crippen molar-refractivity contribution < 1.29 is 8.42 Å². The van der Waals surface area contributed by atoms with E-state index < -0.39 is 10.0 Å². The van der Waals surface area contributed by atoms with Crippen LogP contribution in [0.15, 0.2) is 24.3 Å². The van der Waals surface area contributed by atoms with E-state index in [0.29, 0.717) is 5.69 Å². The lowest BCUT2D eigenvalue weighted by atomic mass is 10.2. The third-order valence-corrected chi connectivity index (χ3v) is 4.67. The highest BCUT2D eigenvalue weighted by atomic mass is 32.2. The zero-order chi connectivity index (χ0) is 11.8. The first-order chi connectivity index (χ1) is 7.49. The molecule has 5 heteroatoms. The molecular formula is C11H16N2O2S. The zero-order valence-electron chi connectivity index (χ0n) is 9.26. The van der Waals surface area contributed by atoms with Crippen molar-refractivity contribution >= 4 is 15.7 Å². The number of nitrogen functional groups attached to an aromatic ring is 1. The van der Waals surface area contributed by atoms with Gasteiger partial charge in [0.05, 0.1) is 5.75 Å². The number of benzene rings is 1. The minimum Gasteiger partial charge on any atom is -0.399 e. The van der Waals surface area contributed by atoms with Gasteiger partial charge in [-0.2, -0.15) is 0 Å². The van der Waals surface area contributed by atoms with Gasteiger partial charge in [-0.15, -0.1) is 0 Å². The molecule has 0 atom stereocenters. The van der Waals surface area contributed by atoms with E-state index in [1.807, 2.05) is 0 Å². The van der Waals surface area contributed by atoms with Crippen LogP contribution in [0.2, 0.25) is 0 Å². The summed E-state index contributed by atoms with van der Waals surface area (Å²) in [5.41, 5.74) is 6.96. The summed E-state index contributed by atoms with van der Waals surface area (Å²) in [7, 11) is -1.54. The van der Waals surface area contributed by atoms with Crippen molar-refractivity contribution in [2.24, 2.45) is 0 Å². The van der Waals surface area contributed by atoms with Gasteiger partial charge in [0.2, 0.25) is 10.0 Å². The standard InChI is InChI=1S/C11H16N2O2S/c1-13(11-5-6-11)16(14,15)8-9-3-2-4-10(12)7-9/h2-4,7,11H,5-6,8,12H2,1H3. The Morgan fingerprint density at radius 3 is 2.69 bits per heavy atom. The van der Waals surface area contributed by atoms with Gasteiger partial charge in [-0.3, -0.25) is 0 Å². The highest BCUT2D eigenvalue weighted by Gasteiger charge is 2.33. The van der Waals surface area contributed by atoms with E-state index >= 15 is 0 Å². The van der Waals surface area contributed by atoms with Gasteiger partial charge in [-0.1, -0.05) is 12.1 Å². The highest BCUT2D eigenvalue weighted by Crippen LogP contribution is 2.28. The van der Waals surface area contributed by atoms with E-state index in [-0.39, 0.29) is 11.8 Å². The van der Waals surface area contributed by atoms with Gasteiger partial charge in [0.1, 0.15) is 0 Å². The van der Waals surface area contributed by atoms with Crippen LogP contribution in [0.1, 0.15) is 18.4 Å². The summed E-state index contributed by atoms with van der Waals surface area (Å²) < 4.78 is 25.4. The summed E-state index contributed by atoms with van der Waals surface area (Å²) >= 11 is 0. The van der Waals surface area contributed by atoms with E-state index in [1.54, 1.807) is 31.3 Å². The van der Waals surface area contributed by atoms with Gasteiger partial charge in [-0.05, 0) is 30.5 Å². The lowest BCUT2D eigenvalue weighted by Gasteiger charge is -2.16. The van der Waals surface area contributed by atoms with Gasteiger partial charge >= 0.3 is 0 Å². The molecule has 1 saturated carbocycles. The summed E-state index contributed by atoms with van der Waals surface area (Å²) in [5.74, 6) is 0.0328. The molecule has 1 aromatic carbocycles. The predicted octanol–water partition coefficient (Wildman–Crippen LogP) is 1.19. The van der Waals surface area contributed by atoms with Gasteiger partial charge < -0.3 is 5.73 Å². The molecule has 1 aliphatic rings.